The van der Waals surface area contributed by atoms with Gasteiger partial charge in [0.2, 0.25) is 0 Å². The van der Waals surface area contributed by atoms with Crippen molar-refractivity contribution >= 4 is 46.6 Å². The molecule has 1 aliphatic heterocycles. The number of benzene rings is 2. The van der Waals surface area contributed by atoms with Gasteiger partial charge in [-0.1, -0.05) is 6.07 Å². The van der Waals surface area contributed by atoms with Crippen LogP contribution in [0, 0.1) is 10.1 Å². The normalized spacial score (nSPS) is 15.6. The standard InChI is InChI=1S/C22H12F3N3O5S/c23-22(24,25)13-2-1-3-15(10-13)27-20(30)17(19(29)26-21(27)34)11-16-8-9-18(33-16)12-4-6-14(7-5-12)28(31)32/h1-11H,(H,26,29,34)/b17-11-. The lowest BCUT2D eigenvalue weighted by molar-refractivity contribution is -0.384. The van der Waals surface area contributed by atoms with Crippen LogP contribution in [0.3, 0.4) is 0 Å². The van der Waals surface area contributed by atoms with Gasteiger partial charge in [0, 0.05) is 17.7 Å². The maximum atomic E-state index is 13.1. The van der Waals surface area contributed by atoms with Crippen molar-refractivity contribution in [2.75, 3.05) is 4.90 Å². The summed E-state index contributed by atoms with van der Waals surface area (Å²) in [6.45, 7) is 0. The largest absolute Gasteiger partial charge is 0.457 e. The zero-order valence-electron chi connectivity index (χ0n) is 16.8. The second kappa shape index (κ2) is 8.56. The molecule has 2 heterocycles. The Hall–Kier alpha value is -4.32. The number of nitrogens with zero attached hydrogens (tertiary/aromatic N) is 2. The summed E-state index contributed by atoms with van der Waals surface area (Å²) >= 11 is 5.01. The minimum Gasteiger partial charge on any atom is -0.457 e. The molecular formula is C22H12F3N3O5S. The first-order chi connectivity index (χ1) is 16.0. The molecule has 172 valence electrons. The van der Waals surface area contributed by atoms with Crippen molar-refractivity contribution in [3.05, 3.63) is 87.7 Å². The van der Waals surface area contributed by atoms with Crippen LogP contribution in [0.4, 0.5) is 24.5 Å². The van der Waals surface area contributed by atoms with E-state index in [-0.39, 0.29) is 22.2 Å². The quantitative estimate of drug-likeness (QED) is 0.188. The van der Waals surface area contributed by atoms with Crippen molar-refractivity contribution < 1.29 is 32.1 Å². The highest BCUT2D eigenvalue weighted by atomic mass is 32.1. The van der Waals surface area contributed by atoms with Gasteiger partial charge in [-0.15, -0.1) is 0 Å². The molecule has 0 bridgehead atoms. The van der Waals surface area contributed by atoms with Crippen molar-refractivity contribution in [3.8, 4) is 11.3 Å². The summed E-state index contributed by atoms with van der Waals surface area (Å²) in [4.78, 5) is 36.4. The SMILES string of the molecule is O=C1NC(=S)N(c2cccc(C(F)(F)F)c2)C(=O)/C1=C\c1ccc(-c2ccc([N+](=O)[O-])cc2)o1. The van der Waals surface area contributed by atoms with Gasteiger partial charge in [-0.3, -0.25) is 29.9 Å². The molecule has 1 N–H and O–H groups in total. The Balaban J connectivity index is 1.65. The summed E-state index contributed by atoms with van der Waals surface area (Å²) < 4.78 is 44.9. The molecule has 34 heavy (non-hydrogen) atoms. The molecule has 0 saturated carbocycles. The number of carbonyl (C=O) groups excluding carboxylic acids is 2. The number of thiocarbonyl (C=S) groups is 1. The average molecular weight is 487 g/mol. The first kappa shape index (κ1) is 22.9. The van der Waals surface area contributed by atoms with Gasteiger partial charge in [-0.2, -0.15) is 13.2 Å². The van der Waals surface area contributed by atoms with E-state index in [1.54, 1.807) is 0 Å². The monoisotopic (exact) mass is 487 g/mol. The lowest BCUT2D eigenvalue weighted by Gasteiger charge is -2.29. The Labute approximate surface area is 194 Å². The van der Waals surface area contributed by atoms with Crippen LogP contribution in [0.2, 0.25) is 0 Å². The number of hydrogen-bond acceptors (Lipinski definition) is 6. The van der Waals surface area contributed by atoms with Crippen molar-refractivity contribution in [2.45, 2.75) is 6.18 Å². The van der Waals surface area contributed by atoms with E-state index >= 15 is 0 Å². The summed E-state index contributed by atoms with van der Waals surface area (Å²) in [5.74, 6) is -1.35. The summed E-state index contributed by atoms with van der Waals surface area (Å²) in [6, 6.07) is 12.5. The lowest BCUT2D eigenvalue weighted by atomic mass is 10.1. The van der Waals surface area contributed by atoms with Gasteiger partial charge >= 0.3 is 6.18 Å². The summed E-state index contributed by atoms with van der Waals surface area (Å²) in [7, 11) is 0. The molecule has 1 aliphatic rings. The molecule has 0 spiro atoms. The van der Waals surface area contributed by atoms with Gasteiger partial charge in [0.25, 0.3) is 17.5 Å². The molecule has 8 nitrogen and oxygen atoms in total. The number of halogens is 3. The first-order valence-corrected chi connectivity index (χ1v) is 9.89. The predicted octanol–water partition coefficient (Wildman–Crippen LogP) is 4.70. The Morgan fingerprint density at radius 2 is 1.76 bits per heavy atom. The maximum absolute atomic E-state index is 13.1. The second-order valence-corrected chi connectivity index (χ2v) is 7.40. The maximum Gasteiger partial charge on any atom is 0.416 e. The smallest absolute Gasteiger partial charge is 0.416 e. The molecular weight excluding hydrogens is 475 g/mol. The number of carbonyl (C=O) groups is 2. The van der Waals surface area contributed by atoms with Crippen LogP contribution in [0.15, 0.2) is 70.7 Å². The van der Waals surface area contributed by atoms with Crippen molar-refractivity contribution in [1.82, 2.24) is 5.32 Å². The fourth-order valence-corrected chi connectivity index (χ4v) is 3.47. The van der Waals surface area contributed by atoms with E-state index in [1.807, 2.05) is 0 Å². The van der Waals surface area contributed by atoms with Crippen LogP contribution < -0.4 is 10.2 Å². The van der Waals surface area contributed by atoms with Crippen LogP contribution in [0.25, 0.3) is 17.4 Å². The summed E-state index contributed by atoms with van der Waals surface area (Å²) in [5, 5.41) is 12.7. The number of nitrogens with one attached hydrogen (secondary N) is 1. The third-order valence-corrected chi connectivity index (χ3v) is 5.09. The lowest BCUT2D eigenvalue weighted by Crippen LogP contribution is -2.54. The Morgan fingerprint density at radius 3 is 2.41 bits per heavy atom. The predicted molar refractivity (Wildman–Crippen MR) is 118 cm³/mol. The molecule has 3 aromatic rings. The molecule has 4 rings (SSSR count). The zero-order chi connectivity index (χ0) is 24.6. The van der Waals surface area contributed by atoms with Gasteiger partial charge in [0.05, 0.1) is 16.2 Å². The van der Waals surface area contributed by atoms with Crippen LogP contribution in [0.1, 0.15) is 11.3 Å². The number of nitro groups is 1. The van der Waals surface area contributed by atoms with E-state index in [9.17, 15) is 32.9 Å². The summed E-state index contributed by atoms with van der Waals surface area (Å²) in [5.41, 5.74) is -1.15. The highest BCUT2D eigenvalue weighted by Gasteiger charge is 2.36. The van der Waals surface area contributed by atoms with Gasteiger partial charge in [-0.25, -0.2) is 0 Å². The molecule has 2 amide bonds. The highest BCUT2D eigenvalue weighted by molar-refractivity contribution is 7.80. The molecule has 12 heteroatoms. The van der Waals surface area contributed by atoms with E-state index in [4.69, 9.17) is 16.6 Å². The van der Waals surface area contributed by atoms with Crippen LogP contribution >= 0.6 is 12.2 Å². The molecule has 0 aliphatic carbocycles. The van der Waals surface area contributed by atoms with E-state index in [0.717, 1.165) is 29.2 Å². The van der Waals surface area contributed by atoms with E-state index < -0.39 is 34.1 Å². The number of amides is 2. The minimum absolute atomic E-state index is 0.101. The molecule has 0 unspecified atom stereocenters. The van der Waals surface area contributed by atoms with Crippen molar-refractivity contribution in [1.29, 1.82) is 0 Å². The topological polar surface area (TPSA) is 106 Å². The van der Waals surface area contributed by atoms with Crippen LogP contribution in [-0.4, -0.2) is 21.9 Å². The fourth-order valence-electron chi connectivity index (χ4n) is 3.19. The number of furan rings is 1. The fraction of sp³-hybridized carbons (Fsp3) is 0.0455. The Kier molecular flexibility index (Phi) is 5.75. The minimum atomic E-state index is -4.64. The number of hydrogen-bond donors (Lipinski definition) is 1. The third kappa shape index (κ3) is 4.43. The van der Waals surface area contributed by atoms with Gasteiger partial charge in [0.1, 0.15) is 17.1 Å². The van der Waals surface area contributed by atoms with Gasteiger partial charge in [-0.05, 0) is 60.8 Å². The number of nitro benzene ring substituents is 1. The van der Waals surface area contributed by atoms with E-state index in [1.165, 1.54) is 42.5 Å². The van der Waals surface area contributed by atoms with Crippen molar-refractivity contribution in [2.24, 2.45) is 0 Å². The molecule has 2 aromatic carbocycles. The molecule has 1 saturated heterocycles. The Morgan fingerprint density at radius 1 is 1.06 bits per heavy atom. The second-order valence-electron chi connectivity index (χ2n) is 7.01. The number of anilines is 1. The van der Waals surface area contributed by atoms with Gasteiger partial charge < -0.3 is 4.42 Å². The first-order valence-electron chi connectivity index (χ1n) is 9.48. The Bertz CT molecular complexity index is 1360. The zero-order valence-corrected chi connectivity index (χ0v) is 17.6. The summed E-state index contributed by atoms with van der Waals surface area (Å²) in [6.07, 6.45) is -3.50. The van der Waals surface area contributed by atoms with Crippen LogP contribution in [-0.2, 0) is 15.8 Å². The van der Waals surface area contributed by atoms with E-state index in [0.29, 0.717) is 11.3 Å². The molecule has 1 fully saturated rings. The van der Waals surface area contributed by atoms with E-state index in [2.05, 4.69) is 5.32 Å². The third-order valence-electron chi connectivity index (χ3n) is 4.81. The highest BCUT2D eigenvalue weighted by Crippen LogP contribution is 2.33. The molecule has 1 aromatic heterocycles. The molecule has 0 atom stereocenters. The number of rotatable bonds is 4. The molecule has 0 radical (unpaired) electrons. The average Bonchev–Trinajstić information content (AvgIpc) is 3.25. The number of non-ortho nitro benzene ring substituents is 1. The van der Waals surface area contributed by atoms with Gasteiger partial charge in [0.15, 0.2) is 5.11 Å². The van der Waals surface area contributed by atoms with Crippen LogP contribution in [0.5, 0.6) is 0 Å². The number of alkyl halides is 3. The van der Waals surface area contributed by atoms with Crippen molar-refractivity contribution in [3.63, 3.8) is 0 Å².